The Bertz CT molecular complexity index is 287. The second kappa shape index (κ2) is 13.1. The van der Waals surface area contributed by atoms with E-state index < -0.39 is 26.0 Å². The number of hydrogen-bond donors (Lipinski definition) is 6. The van der Waals surface area contributed by atoms with Gasteiger partial charge in [-0.1, -0.05) is 0 Å². The Kier molecular flexibility index (Phi) is 24.2. The molecule has 0 bridgehead atoms. The normalized spacial score (nSPS) is 10.4. The monoisotopic (exact) mass is 338 g/mol. The summed E-state index contributed by atoms with van der Waals surface area (Å²) in [5.41, 5.74) is 0. The van der Waals surface area contributed by atoms with E-state index in [-0.39, 0.29) is 59.1 Å². The molecular weight excluding hydrogens is 332 g/mol. The summed E-state index contributed by atoms with van der Waals surface area (Å²) >= 11 is 0. The molecule has 0 aliphatic carbocycles. The van der Waals surface area contributed by atoms with Gasteiger partial charge in [0, 0.05) is 10.4 Å². The third-order valence-corrected chi connectivity index (χ3v) is 0. The maximum absolute atomic E-state index is 8.88. The molecule has 0 aromatic heterocycles. The Morgan fingerprint density at radius 1 is 0.706 bits per heavy atom. The van der Waals surface area contributed by atoms with Gasteiger partial charge in [-0.15, -0.1) is 0 Å². The van der Waals surface area contributed by atoms with Gasteiger partial charge in [0.25, 0.3) is 0 Å². The largest absolute Gasteiger partial charge is 1.00 e. The van der Waals surface area contributed by atoms with Crippen molar-refractivity contribution < 1.29 is 115 Å². The molecule has 0 unspecified atom stereocenters. The van der Waals surface area contributed by atoms with E-state index in [1.807, 2.05) is 0 Å². The summed E-state index contributed by atoms with van der Waals surface area (Å²) in [6.45, 7) is 0. The summed E-state index contributed by atoms with van der Waals surface area (Å²) in [6, 6.07) is 0. The zero-order valence-electron chi connectivity index (χ0n) is 8.44. The van der Waals surface area contributed by atoms with Crippen LogP contribution < -0.4 is 59.1 Å². The first kappa shape index (κ1) is 31.5. The molecule has 17 heteroatoms. The second-order valence-electron chi connectivity index (χ2n) is 1.43. The van der Waals surface area contributed by atoms with Gasteiger partial charge in [-0.05, 0) is 0 Å². The second-order valence-corrected chi connectivity index (χ2v) is 4.30. The van der Waals surface area contributed by atoms with Crippen molar-refractivity contribution in [3.05, 3.63) is 0 Å². The zero-order chi connectivity index (χ0) is 13.5. The van der Waals surface area contributed by atoms with Crippen molar-refractivity contribution in [2.75, 3.05) is 0 Å². The van der Waals surface area contributed by atoms with Gasteiger partial charge in [0.1, 0.15) is 0 Å². The number of phosphoric acid groups is 2. The molecule has 0 aromatic carbocycles. The van der Waals surface area contributed by atoms with E-state index in [1.54, 1.807) is 0 Å². The third-order valence-electron chi connectivity index (χ3n) is 0. The molecular formula is H6Na2O12P2S. The average molecular weight is 338 g/mol. The van der Waals surface area contributed by atoms with E-state index >= 15 is 0 Å². The molecule has 0 rings (SSSR count). The van der Waals surface area contributed by atoms with Crippen LogP contribution in [0.5, 0.6) is 0 Å². The van der Waals surface area contributed by atoms with Crippen molar-refractivity contribution >= 4 is 26.0 Å². The van der Waals surface area contributed by atoms with Crippen LogP contribution >= 0.6 is 15.6 Å². The van der Waals surface area contributed by atoms with E-state index in [0.29, 0.717) is 0 Å². The van der Waals surface area contributed by atoms with Crippen LogP contribution in [0.1, 0.15) is 0 Å². The van der Waals surface area contributed by atoms with Crippen LogP contribution in [0.4, 0.5) is 0 Å². The molecule has 0 fully saturated rings. The van der Waals surface area contributed by atoms with E-state index in [1.165, 1.54) is 0 Å². The summed E-state index contributed by atoms with van der Waals surface area (Å²) in [5.74, 6) is 0. The van der Waals surface area contributed by atoms with Gasteiger partial charge in [-0.3, -0.25) is 8.42 Å². The van der Waals surface area contributed by atoms with Crippen LogP contribution in [0, 0.1) is 0 Å². The summed E-state index contributed by atoms with van der Waals surface area (Å²) in [6.07, 6.45) is 0. The summed E-state index contributed by atoms with van der Waals surface area (Å²) in [7, 11) is -14.4. The number of hydrogen-bond acceptors (Lipinski definition) is 6. The van der Waals surface area contributed by atoms with Gasteiger partial charge in [0.05, 0.1) is 0 Å². The molecule has 0 aliphatic rings. The van der Waals surface area contributed by atoms with Crippen LogP contribution in [-0.2, 0) is 19.5 Å². The SMILES string of the molecule is O=P(O)(O)O.O=P(O)(O)O.O=S(=O)([O-])[O-].[Na+].[Na+]. The van der Waals surface area contributed by atoms with Gasteiger partial charge in [0.15, 0.2) is 0 Å². The third kappa shape index (κ3) is 1070. The Labute approximate surface area is 140 Å². The smallest absolute Gasteiger partial charge is 0.759 e. The van der Waals surface area contributed by atoms with Crippen molar-refractivity contribution in [2.45, 2.75) is 0 Å². The molecule has 12 nitrogen and oxygen atoms in total. The standard InChI is InChI=1S/2Na.2H3O4P.H2O4S/c;;3*1-5(2,3)4/h;;2*(H3,1,2,3,4);(H2,1,2,3,4)/q2*+1;;;/p-2. The van der Waals surface area contributed by atoms with Crippen molar-refractivity contribution in [1.29, 1.82) is 0 Å². The van der Waals surface area contributed by atoms with Crippen molar-refractivity contribution in [1.82, 2.24) is 0 Å². The molecule has 0 spiro atoms. The predicted molar refractivity (Wildman–Crippen MR) is 39.0 cm³/mol. The molecule has 96 valence electrons. The van der Waals surface area contributed by atoms with Crippen molar-refractivity contribution in [3.8, 4) is 0 Å². The molecule has 0 radical (unpaired) electrons. The van der Waals surface area contributed by atoms with Crippen molar-refractivity contribution in [3.63, 3.8) is 0 Å². The minimum absolute atomic E-state index is 0. The van der Waals surface area contributed by atoms with Gasteiger partial charge in [-0.25, -0.2) is 9.13 Å². The Hall–Kier alpha value is 2.09. The Balaban J connectivity index is -0.0000000400. The molecule has 17 heavy (non-hydrogen) atoms. The summed E-state index contributed by atoms with van der Waals surface area (Å²) in [4.78, 5) is 43.1. The quantitative estimate of drug-likeness (QED) is 0.104. The zero-order valence-corrected chi connectivity index (χ0v) is 15.0. The first-order valence-electron chi connectivity index (χ1n) is 2.23. The first-order valence-corrected chi connectivity index (χ1v) is 6.70. The topological polar surface area (TPSA) is 236 Å². The average Bonchev–Trinajstić information content (AvgIpc) is 1.41. The molecule has 0 amide bonds. The Morgan fingerprint density at radius 3 is 0.706 bits per heavy atom. The van der Waals surface area contributed by atoms with Gasteiger partial charge in [0.2, 0.25) is 0 Å². The predicted octanol–water partition coefficient (Wildman–Crippen LogP) is -9.19. The van der Waals surface area contributed by atoms with E-state index in [9.17, 15) is 0 Å². The first-order chi connectivity index (χ1) is 6.00. The van der Waals surface area contributed by atoms with Gasteiger partial charge < -0.3 is 38.5 Å². The molecule has 0 saturated heterocycles. The molecule has 0 atom stereocenters. The van der Waals surface area contributed by atoms with Crippen LogP contribution in [-0.4, -0.2) is 46.9 Å². The molecule has 0 heterocycles. The fraction of sp³-hybridized carbons (Fsp3) is 0. The molecule has 0 aliphatic heterocycles. The van der Waals surface area contributed by atoms with Gasteiger partial charge >= 0.3 is 74.8 Å². The maximum Gasteiger partial charge on any atom is 1.00 e. The summed E-state index contributed by atoms with van der Waals surface area (Å²) in [5, 5.41) is 0. The molecule has 0 aromatic rings. The van der Waals surface area contributed by atoms with Crippen molar-refractivity contribution in [2.24, 2.45) is 0 Å². The fourth-order valence-corrected chi connectivity index (χ4v) is 0. The molecule has 0 saturated carbocycles. The number of rotatable bonds is 0. The van der Waals surface area contributed by atoms with Crippen LogP contribution in [0.25, 0.3) is 0 Å². The maximum atomic E-state index is 8.88. The molecule has 6 N–H and O–H groups in total. The summed E-state index contributed by atoms with van der Waals surface area (Å²) < 4.78 is 51.8. The van der Waals surface area contributed by atoms with E-state index in [4.69, 9.17) is 56.0 Å². The minimum Gasteiger partial charge on any atom is -0.759 e. The Morgan fingerprint density at radius 2 is 0.706 bits per heavy atom. The minimum atomic E-state index is -5.17. The van der Waals surface area contributed by atoms with E-state index in [2.05, 4.69) is 0 Å². The van der Waals surface area contributed by atoms with E-state index in [0.717, 1.165) is 0 Å². The van der Waals surface area contributed by atoms with Crippen LogP contribution in [0.3, 0.4) is 0 Å². The fourth-order valence-electron chi connectivity index (χ4n) is 0. The van der Waals surface area contributed by atoms with Crippen LogP contribution in [0.15, 0.2) is 0 Å². The van der Waals surface area contributed by atoms with Crippen LogP contribution in [0.2, 0.25) is 0 Å². The van der Waals surface area contributed by atoms with Gasteiger partial charge in [-0.2, -0.15) is 0 Å².